The fraction of sp³-hybridized carbons (Fsp3) is 0.167. The predicted octanol–water partition coefficient (Wildman–Crippen LogP) is 2.78. The summed E-state index contributed by atoms with van der Waals surface area (Å²) in [6.07, 6.45) is -0.193. The Morgan fingerprint density at radius 3 is 2.38 bits per heavy atom. The summed E-state index contributed by atoms with van der Waals surface area (Å²) in [6.45, 7) is 1.95. The maximum atomic E-state index is 11.0. The average Bonchev–Trinajstić information content (AvgIpc) is 2.39. The van der Waals surface area contributed by atoms with Crippen LogP contribution in [0.2, 0.25) is 0 Å². The van der Waals surface area contributed by atoms with Gasteiger partial charge in [-0.25, -0.2) is 0 Å². The Bertz CT molecular complexity index is 530. The van der Waals surface area contributed by atoms with Gasteiger partial charge in [0.1, 0.15) is 0 Å². The van der Waals surface area contributed by atoms with Crippen LogP contribution in [0.4, 0.5) is 0 Å². The maximum absolute atomic E-state index is 11.0. The van der Waals surface area contributed by atoms with E-state index in [0.29, 0.717) is 0 Å². The number of rotatable bonds is 2. The Balaban J connectivity index is 2.54. The van der Waals surface area contributed by atoms with E-state index in [1.807, 2.05) is 43.3 Å². The highest BCUT2D eigenvalue weighted by Gasteiger charge is 2.20. The Labute approximate surface area is 94.2 Å². The van der Waals surface area contributed by atoms with Gasteiger partial charge in [-0.05, 0) is 29.2 Å². The van der Waals surface area contributed by atoms with Gasteiger partial charge in [0.15, 0.2) is 0 Å². The molecule has 0 aromatic heterocycles. The summed E-state index contributed by atoms with van der Waals surface area (Å²) in [4.78, 5) is 18.0. The van der Waals surface area contributed by atoms with Crippen molar-refractivity contribution in [3.63, 3.8) is 0 Å². The molecule has 0 heterocycles. The van der Waals surface area contributed by atoms with E-state index in [4.69, 9.17) is 9.79 Å². The van der Waals surface area contributed by atoms with Crippen LogP contribution in [-0.4, -0.2) is 9.79 Å². The van der Waals surface area contributed by atoms with Crippen molar-refractivity contribution in [1.82, 2.24) is 0 Å². The van der Waals surface area contributed by atoms with Crippen molar-refractivity contribution < 1.29 is 14.4 Å². The molecule has 2 aliphatic carbocycles. The SMILES string of the molecule is Cc1cc(CP(=O)(O)O)c2cccccc1-2. The van der Waals surface area contributed by atoms with E-state index in [-0.39, 0.29) is 6.16 Å². The Kier molecular flexibility index (Phi) is 2.85. The zero-order valence-corrected chi connectivity index (χ0v) is 9.82. The van der Waals surface area contributed by atoms with Crippen LogP contribution in [0.3, 0.4) is 0 Å². The van der Waals surface area contributed by atoms with Crippen molar-refractivity contribution >= 4 is 7.60 Å². The maximum Gasteiger partial charge on any atom is 0.329 e. The molecule has 2 rings (SSSR count). The van der Waals surface area contributed by atoms with Crippen LogP contribution < -0.4 is 0 Å². The highest BCUT2D eigenvalue weighted by molar-refractivity contribution is 7.50. The lowest BCUT2D eigenvalue weighted by Crippen LogP contribution is -1.85. The van der Waals surface area contributed by atoms with Crippen molar-refractivity contribution in [3.05, 3.63) is 47.5 Å². The molecule has 4 heteroatoms. The van der Waals surface area contributed by atoms with Gasteiger partial charge in [-0.2, -0.15) is 0 Å². The van der Waals surface area contributed by atoms with Gasteiger partial charge < -0.3 is 9.79 Å². The smallest absolute Gasteiger partial charge is 0.324 e. The van der Waals surface area contributed by atoms with Gasteiger partial charge >= 0.3 is 7.60 Å². The first-order valence-corrected chi connectivity index (χ1v) is 6.79. The molecule has 0 bridgehead atoms. The third-order valence-electron chi connectivity index (χ3n) is 2.58. The summed E-state index contributed by atoms with van der Waals surface area (Å²) >= 11 is 0. The molecule has 0 aliphatic heterocycles. The fourth-order valence-electron chi connectivity index (χ4n) is 1.94. The lowest BCUT2D eigenvalue weighted by molar-refractivity contribution is 0.372. The van der Waals surface area contributed by atoms with Gasteiger partial charge in [0.2, 0.25) is 0 Å². The van der Waals surface area contributed by atoms with E-state index in [2.05, 4.69) is 0 Å². The second-order valence-electron chi connectivity index (χ2n) is 3.91. The van der Waals surface area contributed by atoms with Crippen LogP contribution in [0.5, 0.6) is 0 Å². The number of hydrogen-bond acceptors (Lipinski definition) is 1. The molecule has 0 amide bonds. The molecular formula is C12H13O3P. The fourth-order valence-corrected chi connectivity index (χ4v) is 2.65. The van der Waals surface area contributed by atoms with E-state index >= 15 is 0 Å². The van der Waals surface area contributed by atoms with Crippen LogP contribution >= 0.6 is 7.60 Å². The summed E-state index contributed by atoms with van der Waals surface area (Å²) in [5, 5.41) is 0. The predicted molar refractivity (Wildman–Crippen MR) is 63.5 cm³/mol. The van der Waals surface area contributed by atoms with Crippen molar-refractivity contribution in [2.75, 3.05) is 0 Å². The van der Waals surface area contributed by atoms with Crippen molar-refractivity contribution in [2.45, 2.75) is 13.1 Å². The summed E-state index contributed by atoms with van der Waals surface area (Å²) in [5.41, 5.74) is 3.74. The first-order chi connectivity index (χ1) is 7.47. The van der Waals surface area contributed by atoms with Gasteiger partial charge in [0, 0.05) is 0 Å². The molecule has 2 aliphatic rings. The normalized spacial score (nSPS) is 11.9. The number of fused-ring (bicyclic) bond motifs is 1. The molecule has 84 valence electrons. The zero-order chi connectivity index (χ0) is 11.8. The van der Waals surface area contributed by atoms with Crippen LogP contribution in [0, 0.1) is 6.92 Å². The van der Waals surface area contributed by atoms with Crippen LogP contribution in [0.1, 0.15) is 11.1 Å². The summed E-state index contributed by atoms with van der Waals surface area (Å²) in [7, 11) is -4.00. The lowest BCUT2D eigenvalue weighted by Gasteiger charge is -2.03. The minimum Gasteiger partial charge on any atom is -0.324 e. The van der Waals surface area contributed by atoms with E-state index in [9.17, 15) is 4.57 Å². The van der Waals surface area contributed by atoms with Gasteiger partial charge in [0.05, 0.1) is 6.16 Å². The molecule has 0 fully saturated rings. The third-order valence-corrected chi connectivity index (χ3v) is 3.33. The zero-order valence-electron chi connectivity index (χ0n) is 8.92. The second kappa shape index (κ2) is 4.02. The van der Waals surface area contributed by atoms with E-state index in [1.165, 1.54) is 0 Å². The van der Waals surface area contributed by atoms with Crippen LogP contribution in [0.15, 0.2) is 36.4 Å². The van der Waals surface area contributed by atoms with Gasteiger partial charge in [0.25, 0.3) is 0 Å². The molecule has 0 aromatic carbocycles. The number of aryl methyl sites for hydroxylation is 1. The van der Waals surface area contributed by atoms with Crippen molar-refractivity contribution in [1.29, 1.82) is 0 Å². The largest absolute Gasteiger partial charge is 0.329 e. The molecule has 16 heavy (non-hydrogen) atoms. The summed E-state index contributed by atoms with van der Waals surface area (Å²) in [5.74, 6) is 0. The summed E-state index contributed by atoms with van der Waals surface area (Å²) in [6, 6.07) is 11.4. The standard InChI is InChI=1S/C12H13O3P/c1-9-7-10(8-16(13,14)15)12-6-4-2-3-5-11(9)12/h2-7H,8H2,1H3,(H2,13,14,15). The Morgan fingerprint density at radius 1 is 1.12 bits per heavy atom. The molecule has 0 spiro atoms. The van der Waals surface area contributed by atoms with E-state index in [1.54, 1.807) is 0 Å². The monoisotopic (exact) mass is 236 g/mol. The minimum absolute atomic E-state index is 0.193. The van der Waals surface area contributed by atoms with Gasteiger partial charge in [-0.15, -0.1) is 0 Å². The lowest BCUT2D eigenvalue weighted by atomic mass is 10.1. The van der Waals surface area contributed by atoms with Gasteiger partial charge in [-0.3, -0.25) is 4.57 Å². The molecule has 0 saturated carbocycles. The first kappa shape index (κ1) is 11.3. The molecule has 0 atom stereocenters. The Hall–Kier alpha value is -1.15. The molecule has 0 radical (unpaired) electrons. The van der Waals surface area contributed by atoms with E-state index < -0.39 is 7.60 Å². The molecule has 3 nitrogen and oxygen atoms in total. The molecule has 2 N–H and O–H groups in total. The molecular weight excluding hydrogens is 223 g/mol. The van der Waals surface area contributed by atoms with Crippen LogP contribution in [0.25, 0.3) is 11.1 Å². The molecule has 0 unspecified atom stereocenters. The minimum atomic E-state index is -4.00. The van der Waals surface area contributed by atoms with Crippen LogP contribution in [-0.2, 0) is 10.7 Å². The quantitative estimate of drug-likeness (QED) is 0.788. The Morgan fingerprint density at radius 2 is 1.75 bits per heavy atom. The molecule has 0 aromatic rings. The van der Waals surface area contributed by atoms with Crippen molar-refractivity contribution in [2.24, 2.45) is 0 Å². The summed E-state index contributed by atoms with van der Waals surface area (Å²) < 4.78 is 11.0. The highest BCUT2D eigenvalue weighted by Crippen LogP contribution is 2.43. The van der Waals surface area contributed by atoms with Gasteiger partial charge in [-0.1, -0.05) is 36.4 Å². The molecule has 0 saturated heterocycles. The third kappa shape index (κ3) is 2.33. The topological polar surface area (TPSA) is 57.5 Å². The number of hydrogen-bond donors (Lipinski definition) is 2. The van der Waals surface area contributed by atoms with Crippen molar-refractivity contribution in [3.8, 4) is 11.1 Å². The first-order valence-electron chi connectivity index (χ1n) is 4.99. The second-order valence-corrected chi connectivity index (χ2v) is 5.56. The average molecular weight is 236 g/mol. The van der Waals surface area contributed by atoms with E-state index in [0.717, 1.165) is 22.3 Å². The highest BCUT2D eigenvalue weighted by atomic mass is 31.2.